The lowest BCUT2D eigenvalue weighted by molar-refractivity contribution is 0.0945. The highest BCUT2D eigenvalue weighted by Gasteiger charge is 2.07. The Morgan fingerprint density at radius 2 is 1.10 bits per heavy atom. The molecule has 2 aromatic carbocycles. The molecule has 2 aromatic rings. The number of carbonyl (C=O) groups is 2. The Morgan fingerprint density at radius 1 is 0.733 bits per heavy atom. The molecule has 0 bridgehead atoms. The number of ether oxygens (including phenoxy) is 2. The maximum Gasteiger partial charge on any atom is 0.251 e. The first-order valence-corrected chi connectivity index (χ1v) is 11.2. The van der Waals surface area contributed by atoms with Crippen LogP contribution in [-0.2, 0) is 10.8 Å². The number of amides is 2. The van der Waals surface area contributed by atoms with Crippen LogP contribution in [0, 0.1) is 0 Å². The molecule has 0 aliphatic heterocycles. The van der Waals surface area contributed by atoms with Gasteiger partial charge in [-0.2, -0.15) is 0 Å². The van der Waals surface area contributed by atoms with Gasteiger partial charge in [0.2, 0.25) is 0 Å². The second-order valence-electron chi connectivity index (χ2n) is 6.52. The maximum absolute atomic E-state index is 12.1. The molecule has 0 aliphatic rings. The molecule has 0 unspecified atom stereocenters. The Morgan fingerprint density at radius 3 is 1.43 bits per heavy atom. The second kappa shape index (κ2) is 12.6. The molecule has 0 saturated heterocycles. The van der Waals surface area contributed by atoms with Gasteiger partial charge in [-0.15, -0.1) is 0 Å². The van der Waals surface area contributed by atoms with Crippen LogP contribution < -0.4 is 20.1 Å². The summed E-state index contributed by atoms with van der Waals surface area (Å²) < 4.78 is 22.2. The third-order valence-electron chi connectivity index (χ3n) is 4.37. The second-order valence-corrected chi connectivity index (χ2v) is 8.22. The van der Waals surface area contributed by atoms with Crippen molar-refractivity contribution in [1.29, 1.82) is 0 Å². The average molecular weight is 433 g/mol. The largest absolute Gasteiger partial charge is 0.497 e. The normalized spacial score (nSPS) is 10.5. The summed E-state index contributed by atoms with van der Waals surface area (Å²) in [7, 11) is 2.16. The monoisotopic (exact) mass is 432 g/mol. The van der Waals surface area contributed by atoms with Crippen LogP contribution in [0.5, 0.6) is 11.5 Å². The molecule has 162 valence electrons. The molecular weight excluding hydrogens is 404 g/mol. The smallest absolute Gasteiger partial charge is 0.251 e. The zero-order valence-electron chi connectivity index (χ0n) is 17.3. The van der Waals surface area contributed by atoms with Crippen LogP contribution in [0.1, 0.15) is 33.6 Å². The van der Waals surface area contributed by atoms with Crippen molar-refractivity contribution in [2.24, 2.45) is 0 Å². The predicted molar refractivity (Wildman–Crippen MR) is 118 cm³/mol. The minimum atomic E-state index is -0.983. The van der Waals surface area contributed by atoms with Crippen molar-refractivity contribution < 1.29 is 23.3 Å². The van der Waals surface area contributed by atoms with E-state index in [0.29, 0.717) is 60.1 Å². The molecule has 2 rings (SSSR count). The van der Waals surface area contributed by atoms with Gasteiger partial charge in [-0.3, -0.25) is 13.8 Å². The van der Waals surface area contributed by atoms with Crippen molar-refractivity contribution in [3.63, 3.8) is 0 Å². The van der Waals surface area contributed by atoms with Gasteiger partial charge < -0.3 is 20.1 Å². The lowest BCUT2D eigenvalue weighted by atomic mass is 10.2. The van der Waals surface area contributed by atoms with Crippen molar-refractivity contribution in [2.45, 2.75) is 12.8 Å². The predicted octanol–water partition coefficient (Wildman–Crippen LogP) is 2.39. The van der Waals surface area contributed by atoms with E-state index in [1.165, 1.54) is 0 Å². The Hall–Kier alpha value is -2.87. The topological polar surface area (TPSA) is 93.7 Å². The summed E-state index contributed by atoms with van der Waals surface area (Å²) in [5, 5.41) is 5.64. The third kappa shape index (κ3) is 7.87. The Labute approximate surface area is 179 Å². The van der Waals surface area contributed by atoms with E-state index in [9.17, 15) is 13.8 Å². The van der Waals surface area contributed by atoms with E-state index in [1.807, 2.05) is 0 Å². The molecule has 0 radical (unpaired) electrons. The summed E-state index contributed by atoms with van der Waals surface area (Å²) in [5.41, 5.74) is 1.12. The molecule has 0 spiro atoms. The molecule has 0 saturated carbocycles. The van der Waals surface area contributed by atoms with Gasteiger partial charge in [0.25, 0.3) is 11.8 Å². The summed E-state index contributed by atoms with van der Waals surface area (Å²) in [6.45, 7) is 0.926. The fraction of sp³-hybridized carbons (Fsp3) is 0.364. The van der Waals surface area contributed by atoms with Gasteiger partial charge >= 0.3 is 0 Å². The third-order valence-corrected chi connectivity index (χ3v) is 5.86. The lowest BCUT2D eigenvalue weighted by Crippen LogP contribution is -2.26. The van der Waals surface area contributed by atoms with Gasteiger partial charge in [0, 0.05) is 46.5 Å². The molecule has 0 atom stereocenters. The zero-order chi connectivity index (χ0) is 21.8. The van der Waals surface area contributed by atoms with Crippen molar-refractivity contribution in [3.05, 3.63) is 59.7 Å². The van der Waals surface area contributed by atoms with E-state index in [0.717, 1.165) is 0 Å². The Bertz CT molecular complexity index is 768. The summed E-state index contributed by atoms with van der Waals surface area (Å²) >= 11 is 0. The molecule has 2 N–H and O–H groups in total. The standard InChI is InChI=1S/C22H28N2O5S/c1-28-19-9-5-17(6-10-19)21(25)23-13-3-15-30(27)16-4-14-24-22(26)18-7-11-20(29-2)12-8-18/h5-12H,3-4,13-16H2,1-2H3,(H,23,25)(H,24,26). The van der Waals surface area contributed by atoms with E-state index in [1.54, 1.807) is 62.8 Å². The summed E-state index contributed by atoms with van der Waals surface area (Å²) in [6.07, 6.45) is 1.26. The molecule has 7 nitrogen and oxygen atoms in total. The van der Waals surface area contributed by atoms with Gasteiger partial charge in [-0.1, -0.05) is 0 Å². The lowest BCUT2D eigenvalue weighted by Gasteiger charge is -2.07. The Kier molecular flexibility index (Phi) is 9.86. The van der Waals surface area contributed by atoms with Gasteiger partial charge in [-0.25, -0.2) is 0 Å². The fourth-order valence-corrected chi connectivity index (χ4v) is 3.80. The van der Waals surface area contributed by atoms with Crippen molar-refractivity contribution in [3.8, 4) is 11.5 Å². The van der Waals surface area contributed by atoms with E-state index in [4.69, 9.17) is 9.47 Å². The summed E-state index contributed by atoms with van der Waals surface area (Å²) in [6, 6.07) is 13.7. The minimum Gasteiger partial charge on any atom is -0.497 e. The van der Waals surface area contributed by atoms with Gasteiger partial charge in [0.15, 0.2) is 0 Å². The highest BCUT2D eigenvalue weighted by molar-refractivity contribution is 7.84. The van der Waals surface area contributed by atoms with Gasteiger partial charge in [0.1, 0.15) is 11.5 Å². The van der Waals surface area contributed by atoms with Crippen LogP contribution in [0.25, 0.3) is 0 Å². The molecule has 0 heterocycles. The number of nitrogens with one attached hydrogen (secondary N) is 2. The number of methoxy groups -OCH3 is 2. The average Bonchev–Trinajstić information content (AvgIpc) is 2.79. The van der Waals surface area contributed by atoms with Crippen LogP contribution in [0.4, 0.5) is 0 Å². The zero-order valence-corrected chi connectivity index (χ0v) is 18.1. The number of rotatable bonds is 12. The highest BCUT2D eigenvalue weighted by Crippen LogP contribution is 2.12. The van der Waals surface area contributed by atoms with E-state index < -0.39 is 10.8 Å². The number of hydrogen-bond donors (Lipinski definition) is 2. The van der Waals surface area contributed by atoms with Crippen molar-refractivity contribution >= 4 is 22.6 Å². The molecule has 8 heteroatoms. The van der Waals surface area contributed by atoms with Gasteiger partial charge in [-0.05, 0) is 61.4 Å². The SMILES string of the molecule is COc1ccc(C(=O)NCCCS(=O)CCCNC(=O)c2ccc(OC)cc2)cc1. The van der Waals surface area contributed by atoms with Crippen LogP contribution in [-0.4, -0.2) is 54.8 Å². The van der Waals surface area contributed by atoms with Crippen LogP contribution >= 0.6 is 0 Å². The maximum atomic E-state index is 12.1. The van der Waals surface area contributed by atoms with E-state index in [2.05, 4.69) is 10.6 Å². The van der Waals surface area contributed by atoms with E-state index in [-0.39, 0.29) is 11.8 Å². The molecular formula is C22H28N2O5S. The van der Waals surface area contributed by atoms with Crippen molar-refractivity contribution in [1.82, 2.24) is 10.6 Å². The molecule has 0 aromatic heterocycles. The molecule has 30 heavy (non-hydrogen) atoms. The minimum absolute atomic E-state index is 0.162. The van der Waals surface area contributed by atoms with Crippen LogP contribution in [0.3, 0.4) is 0 Å². The van der Waals surface area contributed by atoms with Crippen LogP contribution in [0.15, 0.2) is 48.5 Å². The first-order chi connectivity index (χ1) is 14.5. The number of carbonyl (C=O) groups excluding carboxylic acids is 2. The number of benzene rings is 2. The van der Waals surface area contributed by atoms with Gasteiger partial charge in [0.05, 0.1) is 14.2 Å². The van der Waals surface area contributed by atoms with Crippen molar-refractivity contribution in [2.75, 3.05) is 38.8 Å². The first kappa shape index (κ1) is 23.4. The first-order valence-electron chi connectivity index (χ1n) is 9.73. The summed E-state index contributed by atoms with van der Waals surface area (Å²) in [5.74, 6) is 2.09. The van der Waals surface area contributed by atoms with Crippen LogP contribution in [0.2, 0.25) is 0 Å². The Balaban J connectivity index is 1.56. The quantitative estimate of drug-likeness (QED) is 0.503. The highest BCUT2D eigenvalue weighted by atomic mass is 32.2. The summed E-state index contributed by atoms with van der Waals surface area (Å²) in [4.78, 5) is 24.1. The molecule has 2 amide bonds. The molecule has 0 aliphatic carbocycles. The fourth-order valence-electron chi connectivity index (χ4n) is 2.66. The number of hydrogen-bond acceptors (Lipinski definition) is 5. The molecule has 0 fully saturated rings. The van der Waals surface area contributed by atoms with E-state index >= 15 is 0 Å².